The number of aliphatic hydroxyl groups is 1. The SMILES string of the molecule is [B][C@H]1O[C@@H](CC)[C@@H](C)C1O. The molecular formula is C7H13BO2. The summed E-state index contributed by atoms with van der Waals surface area (Å²) in [7, 11) is 5.46. The lowest BCUT2D eigenvalue weighted by atomic mass is 9.88. The van der Waals surface area contributed by atoms with Crippen LogP contribution in [0.5, 0.6) is 0 Å². The molecule has 0 spiro atoms. The number of ether oxygens (including phenoxy) is 1. The molecule has 1 saturated heterocycles. The lowest BCUT2D eigenvalue weighted by Crippen LogP contribution is -2.25. The van der Waals surface area contributed by atoms with Gasteiger partial charge in [0, 0.05) is 11.9 Å². The van der Waals surface area contributed by atoms with E-state index in [1.54, 1.807) is 0 Å². The minimum atomic E-state index is -0.482. The monoisotopic (exact) mass is 140 g/mol. The van der Waals surface area contributed by atoms with Crippen LogP contribution in [0.3, 0.4) is 0 Å². The van der Waals surface area contributed by atoms with Crippen LogP contribution in [0.25, 0.3) is 0 Å². The van der Waals surface area contributed by atoms with Gasteiger partial charge < -0.3 is 9.84 Å². The maximum atomic E-state index is 9.32. The molecule has 0 saturated carbocycles. The van der Waals surface area contributed by atoms with Gasteiger partial charge in [0.15, 0.2) is 0 Å². The Morgan fingerprint density at radius 1 is 1.60 bits per heavy atom. The summed E-state index contributed by atoms with van der Waals surface area (Å²) in [6.07, 6.45) is 0.585. The molecule has 2 radical (unpaired) electrons. The molecule has 1 aliphatic rings. The van der Waals surface area contributed by atoms with Crippen molar-refractivity contribution in [2.75, 3.05) is 0 Å². The first kappa shape index (κ1) is 8.09. The largest absolute Gasteiger partial charge is 0.391 e. The molecule has 1 rings (SSSR count). The highest BCUT2D eigenvalue weighted by Gasteiger charge is 2.36. The lowest BCUT2D eigenvalue weighted by Gasteiger charge is -2.12. The molecule has 1 N–H and O–H groups in total. The van der Waals surface area contributed by atoms with Crippen LogP contribution in [0.4, 0.5) is 0 Å². The lowest BCUT2D eigenvalue weighted by molar-refractivity contribution is 0.0578. The Labute approximate surface area is 63.0 Å². The van der Waals surface area contributed by atoms with Gasteiger partial charge in [0.05, 0.1) is 12.2 Å². The number of rotatable bonds is 1. The smallest absolute Gasteiger partial charge is 0.112 e. The second kappa shape index (κ2) is 2.93. The van der Waals surface area contributed by atoms with Gasteiger partial charge in [0.25, 0.3) is 0 Å². The fourth-order valence-electron chi connectivity index (χ4n) is 1.39. The van der Waals surface area contributed by atoms with Crippen LogP contribution < -0.4 is 0 Å². The molecule has 2 nitrogen and oxygen atoms in total. The van der Waals surface area contributed by atoms with Crippen molar-refractivity contribution in [2.24, 2.45) is 5.92 Å². The van der Waals surface area contributed by atoms with Crippen LogP contribution in [-0.2, 0) is 4.74 Å². The van der Waals surface area contributed by atoms with Crippen molar-refractivity contribution >= 4 is 7.85 Å². The molecule has 1 unspecified atom stereocenters. The van der Waals surface area contributed by atoms with E-state index in [4.69, 9.17) is 12.6 Å². The second-order valence-electron chi connectivity index (χ2n) is 2.90. The zero-order valence-corrected chi connectivity index (χ0v) is 6.45. The fraction of sp³-hybridized carbons (Fsp3) is 1.00. The molecule has 1 heterocycles. The van der Waals surface area contributed by atoms with Crippen LogP contribution >= 0.6 is 0 Å². The van der Waals surface area contributed by atoms with Crippen LogP contribution in [-0.4, -0.2) is 31.2 Å². The minimum Gasteiger partial charge on any atom is -0.391 e. The molecule has 1 aliphatic heterocycles. The Kier molecular flexibility index (Phi) is 2.37. The third kappa shape index (κ3) is 1.20. The molecule has 0 aromatic heterocycles. The van der Waals surface area contributed by atoms with Crippen molar-refractivity contribution in [3.63, 3.8) is 0 Å². The molecular weight excluding hydrogens is 127 g/mol. The van der Waals surface area contributed by atoms with Gasteiger partial charge in [0.1, 0.15) is 7.85 Å². The maximum Gasteiger partial charge on any atom is 0.112 e. The molecule has 3 heteroatoms. The quantitative estimate of drug-likeness (QED) is 0.530. The summed E-state index contributed by atoms with van der Waals surface area (Å²) in [4.78, 5) is 0. The molecule has 0 bridgehead atoms. The minimum absolute atomic E-state index is 0.144. The Morgan fingerprint density at radius 2 is 2.20 bits per heavy atom. The standard InChI is InChI=1S/C7H13BO2/c1-3-5-4(2)6(9)7(8)10-5/h4-7,9H,3H2,1-2H3/t4-,5+,6?,7+/m1/s1. The predicted octanol–water partition coefficient (Wildman–Crippen LogP) is 0.287. The zero-order chi connectivity index (χ0) is 7.72. The Balaban J connectivity index is 2.53. The van der Waals surface area contributed by atoms with E-state index in [-0.39, 0.29) is 12.0 Å². The molecule has 0 amide bonds. The van der Waals surface area contributed by atoms with Crippen molar-refractivity contribution in [2.45, 2.75) is 38.5 Å². The van der Waals surface area contributed by atoms with Gasteiger partial charge in [-0.15, -0.1) is 0 Å². The molecule has 1 fully saturated rings. The topological polar surface area (TPSA) is 29.5 Å². The normalized spacial score (nSPS) is 47.9. The molecule has 0 aliphatic carbocycles. The summed E-state index contributed by atoms with van der Waals surface area (Å²) in [5.74, 6) is 0.181. The fourth-order valence-corrected chi connectivity index (χ4v) is 1.39. The van der Waals surface area contributed by atoms with E-state index >= 15 is 0 Å². The van der Waals surface area contributed by atoms with Gasteiger partial charge in [-0.1, -0.05) is 13.8 Å². The first-order valence-corrected chi connectivity index (χ1v) is 3.76. The average Bonchev–Trinajstić information content (AvgIpc) is 2.17. The molecule has 56 valence electrons. The van der Waals surface area contributed by atoms with Crippen molar-refractivity contribution < 1.29 is 9.84 Å². The molecule has 4 atom stereocenters. The molecule has 10 heavy (non-hydrogen) atoms. The van der Waals surface area contributed by atoms with Crippen molar-refractivity contribution in [3.05, 3.63) is 0 Å². The summed E-state index contributed by atoms with van der Waals surface area (Å²) < 4.78 is 5.26. The third-order valence-electron chi connectivity index (χ3n) is 2.20. The van der Waals surface area contributed by atoms with E-state index < -0.39 is 12.1 Å². The van der Waals surface area contributed by atoms with E-state index in [9.17, 15) is 5.11 Å². The van der Waals surface area contributed by atoms with E-state index in [0.717, 1.165) is 6.42 Å². The summed E-state index contributed by atoms with van der Waals surface area (Å²) in [5.41, 5.74) is 0. The summed E-state index contributed by atoms with van der Waals surface area (Å²) in [6.45, 7) is 4.00. The van der Waals surface area contributed by atoms with Gasteiger partial charge in [0.2, 0.25) is 0 Å². The molecule has 0 aromatic carbocycles. The van der Waals surface area contributed by atoms with Gasteiger partial charge in [-0.3, -0.25) is 0 Å². The highest BCUT2D eigenvalue weighted by Crippen LogP contribution is 2.26. The number of aliphatic hydroxyl groups excluding tert-OH is 1. The van der Waals surface area contributed by atoms with Gasteiger partial charge in [-0.25, -0.2) is 0 Å². The Morgan fingerprint density at radius 3 is 2.40 bits per heavy atom. The van der Waals surface area contributed by atoms with Gasteiger partial charge in [-0.2, -0.15) is 0 Å². The van der Waals surface area contributed by atoms with Crippen molar-refractivity contribution in [1.29, 1.82) is 0 Å². The van der Waals surface area contributed by atoms with E-state index in [1.165, 1.54) is 0 Å². The first-order valence-electron chi connectivity index (χ1n) is 3.76. The van der Waals surface area contributed by atoms with Crippen LogP contribution in [0.15, 0.2) is 0 Å². The van der Waals surface area contributed by atoms with Crippen LogP contribution in [0.1, 0.15) is 20.3 Å². The maximum absolute atomic E-state index is 9.32. The predicted molar refractivity (Wildman–Crippen MR) is 39.9 cm³/mol. The third-order valence-corrected chi connectivity index (χ3v) is 2.20. The summed E-state index contributed by atoms with van der Waals surface area (Å²) in [6, 6.07) is -0.472. The van der Waals surface area contributed by atoms with Crippen molar-refractivity contribution in [3.8, 4) is 0 Å². The van der Waals surface area contributed by atoms with Crippen molar-refractivity contribution in [1.82, 2.24) is 0 Å². The van der Waals surface area contributed by atoms with Gasteiger partial charge >= 0.3 is 0 Å². The highest BCUT2D eigenvalue weighted by atomic mass is 16.5. The average molecular weight is 140 g/mol. The van der Waals surface area contributed by atoms with E-state index in [1.807, 2.05) is 13.8 Å². The van der Waals surface area contributed by atoms with Crippen LogP contribution in [0, 0.1) is 5.92 Å². The zero-order valence-electron chi connectivity index (χ0n) is 6.45. The summed E-state index contributed by atoms with van der Waals surface area (Å²) in [5, 5.41) is 9.32. The summed E-state index contributed by atoms with van der Waals surface area (Å²) >= 11 is 0. The Hall–Kier alpha value is -0.0151. The highest BCUT2D eigenvalue weighted by molar-refractivity contribution is 6.11. The van der Waals surface area contributed by atoms with Gasteiger partial charge in [-0.05, 0) is 6.42 Å². The Bertz CT molecular complexity index is 118. The number of hydrogen-bond donors (Lipinski definition) is 1. The second-order valence-corrected chi connectivity index (χ2v) is 2.90. The van der Waals surface area contributed by atoms with E-state index in [2.05, 4.69) is 0 Å². The first-order chi connectivity index (χ1) is 4.66. The van der Waals surface area contributed by atoms with E-state index in [0.29, 0.717) is 0 Å². The molecule has 0 aromatic rings. The number of hydrogen-bond acceptors (Lipinski definition) is 2. The van der Waals surface area contributed by atoms with Crippen LogP contribution in [0.2, 0.25) is 0 Å².